The molecule has 0 radical (unpaired) electrons. The summed E-state index contributed by atoms with van der Waals surface area (Å²) in [6.07, 6.45) is 4.82. The second kappa shape index (κ2) is 14.8. The SMILES string of the molecule is Cc1ncnc(C(=O)N2CCN(c3c4n(c5nc(C6=CCCCOC6)nn5c3=O)[C@@H](C(=O)Nc3ccc(S(F)(F)(F)(F)F)cc3Cl)C[C@H]4C)CC2)c1OCc1ccccc1. The summed E-state index contributed by atoms with van der Waals surface area (Å²) in [4.78, 5) is 57.1. The first kappa shape index (κ1) is 41.1. The molecule has 2 amide bonds. The van der Waals surface area contributed by atoms with Crippen molar-refractivity contribution in [2.45, 2.75) is 56.6 Å². The predicted octanol–water partition coefficient (Wildman–Crippen LogP) is 7.72. The summed E-state index contributed by atoms with van der Waals surface area (Å²) >= 11 is 6.04. The number of hydrogen-bond acceptors (Lipinski definition) is 10. The van der Waals surface area contributed by atoms with E-state index in [0.29, 0.717) is 36.1 Å². The van der Waals surface area contributed by atoms with E-state index in [1.807, 2.05) is 48.2 Å². The number of nitrogens with one attached hydrogen (secondary N) is 1. The molecule has 2 aromatic carbocycles. The Kier molecular flexibility index (Phi) is 10.2. The van der Waals surface area contributed by atoms with Crippen LogP contribution in [0.1, 0.15) is 71.4 Å². The fourth-order valence-electron chi connectivity index (χ4n) is 7.73. The van der Waals surface area contributed by atoms with Gasteiger partial charge >= 0.3 is 10.2 Å². The second-order valence-electron chi connectivity index (χ2n) is 14.9. The summed E-state index contributed by atoms with van der Waals surface area (Å²) in [5.41, 5.74) is 2.02. The average Bonchev–Trinajstić information content (AvgIpc) is 3.68. The van der Waals surface area contributed by atoms with Gasteiger partial charge in [0.2, 0.25) is 11.7 Å². The lowest BCUT2D eigenvalue weighted by molar-refractivity contribution is -0.119. The van der Waals surface area contributed by atoms with Crippen molar-refractivity contribution in [1.29, 1.82) is 0 Å². The van der Waals surface area contributed by atoms with Crippen molar-refractivity contribution in [3.05, 3.63) is 105 Å². The number of halogens is 6. The van der Waals surface area contributed by atoms with Gasteiger partial charge in [0.05, 0.1) is 28.7 Å². The highest BCUT2D eigenvalue weighted by Crippen LogP contribution is 3.02. The maximum absolute atomic E-state index is 14.6. The van der Waals surface area contributed by atoms with Crippen LogP contribution in [0.25, 0.3) is 11.4 Å². The number of benzene rings is 2. The van der Waals surface area contributed by atoms with Crippen LogP contribution >= 0.6 is 21.8 Å². The first-order valence-corrected chi connectivity index (χ1v) is 21.4. The van der Waals surface area contributed by atoms with E-state index in [-0.39, 0.29) is 98.3 Å². The number of allylic oxidation sites excluding steroid dienone is 1. The monoisotopic (exact) mass is 875 g/mol. The number of carbonyl (C=O) groups is 2. The molecule has 21 heteroatoms. The van der Waals surface area contributed by atoms with Gasteiger partial charge in [-0.3, -0.25) is 19.0 Å². The number of rotatable bonds is 9. The van der Waals surface area contributed by atoms with Crippen LogP contribution in [0.3, 0.4) is 0 Å². The molecule has 318 valence electrons. The summed E-state index contributed by atoms with van der Waals surface area (Å²) in [6.45, 7) is 5.26. The van der Waals surface area contributed by atoms with E-state index in [4.69, 9.17) is 26.1 Å². The minimum absolute atomic E-state index is 0.0433. The summed E-state index contributed by atoms with van der Waals surface area (Å²) < 4.78 is 82.1. The van der Waals surface area contributed by atoms with E-state index in [9.17, 15) is 33.8 Å². The summed E-state index contributed by atoms with van der Waals surface area (Å²) in [6, 6.07) is 9.29. The second-order valence-corrected chi connectivity index (χ2v) is 17.7. The van der Waals surface area contributed by atoms with Gasteiger partial charge in [0, 0.05) is 44.3 Å². The van der Waals surface area contributed by atoms with Crippen molar-refractivity contribution >= 4 is 56.4 Å². The largest absolute Gasteiger partial charge is 0.485 e. The zero-order valence-corrected chi connectivity index (χ0v) is 33.9. The predicted molar refractivity (Wildman–Crippen MR) is 214 cm³/mol. The van der Waals surface area contributed by atoms with E-state index in [1.165, 1.54) is 6.33 Å². The highest BCUT2D eigenvalue weighted by atomic mass is 35.5. The van der Waals surface area contributed by atoms with Gasteiger partial charge in [-0.15, -0.1) is 5.10 Å². The molecular formula is C39H39ClF5N9O5S. The molecule has 6 heterocycles. The third-order valence-electron chi connectivity index (χ3n) is 10.7. The third-order valence-corrected chi connectivity index (χ3v) is 12.2. The van der Waals surface area contributed by atoms with Gasteiger partial charge in [-0.1, -0.05) is 74.4 Å². The van der Waals surface area contributed by atoms with Gasteiger partial charge in [0.1, 0.15) is 29.6 Å². The molecule has 3 aliphatic heterocycles. The molecule has 14 nitrogen and oxygen atoms in total. The van der Waals surface area contributed by atoms with E-state index < -0.39 is 43.6 Å². The zero-order valence-electron chi connectivity index (χ0n) is 32.3. The number of hydrogen-bond donors (Lipinski definition) is 1. The Morgan fingerprint density at radius 2 is 1.78 bits per heavy atom. The lowest BCUT2D eigenvalue weighted by Gasteiger charge is -2.40. The molecule has 0 unspecified atom stereocenters. The topological polar surface area (TPSA) is 149 Å². The van der Waals surface area contributed by atoms with Crippen molar-refractivity contribution in [3.8, 4) is 5.75 Å². The van der Waals surface area contributed by atoms with E-state index in [1.54, 1.807) is 16.4 Å². The van der Waals surface area contributed by atoms with Crippen LogP contribution in [0, 0.1) is 6.92 Å². The van der Waals surface area contributed by atoms with Crippen molar-refractivity contribution in [1.82, 2.24) is 34.0 Å². The molecule has 0 aliphatic carbocycles. The van der Waals surface area contributed by atoms with Crippen LogP contribution in [-0.2, 0) is 16.1 Å². The molecule has 0 saturated carbocycles. The molecule has 0 bridgehead atoms. The molecule has 1 fully saturated rings. The van der Waals surface area contributed by atoms with Gasteiger partial charge in [-0.2, -0.15) is 9.50 Å². The average molecular weight is 876 g/mol. The maximum Gasteiger partial charge on any atom is 0.310 e. The lowest BCUT2D eigenvalue weighted by atomic mass is 10.0. The molecular weight excluding hydrogens is 837 g/mol. The van der Waals surface area contributed by atoms with Gasteiger partial charge in [-0.25, -0.2) is 9.97 Å². The molecule has 3 aliphatic rings. The zero-order chi connectivity index (χ0) is 42.6. The summed E-state index contributed by atoms with van der Waals surface area (Å²) in [7, 11) is -10.1. The smallest absolute Gasteiger partial charge is 0.310 e. The van der Waals surface area contributed by atoms with Crippen LogP contribution in [0.5, 0.6) is 5.75 Å². The van der Waals surface area contributed by atoms with Gasteiger partial charge in [-0.05, 0) is 49.9 Å². The summed E-state index contributed by atoms with van der Waals surface area (Å²) in [5, 5.41) is 6.35. The number of fused-ring (bicyclic) bond motifs is 3. The van der Waals surface area contributed by atoms with Crippen LogP contribution in [0.15, 0.2) is 70.6 Å². The number of aryl methyl sites for hydroxylation is 1. The Morgan fingerprint density at radius 3 is 2.50 bits per heavy atom. The van der Waals surface area contributed by atoms with Crippen LogP contribution < -0.4 is 20.5 Å². The van der Waals surface area contributed by atoms with Crippen LogP contribution in [0.4, 0.5) is 30.8 Å². The number of amides is 2. The fourth-order valence-corrected chi connectivity index (χ4v) is 8.68. The van der Waals surface area contributed by atoms with Crippen LogP contribution in [0.2, 0.25) is 5.02 Å². The molecule has 5 aromatic rings. The van der Waals surface area contributed by atoms with Crippen molar-refractivity contribution in [3.63, 3.8) is 0 Å². The first-order chi connectivity index (χ1) is 28.4. The first-order valence-electron chi connectivity index (χ1n) is 19.1. The standard InChI is InChI=1S/C39H39ClF5N9O5S/c1-23-18-30(36(55)48-29-12-11-27(19-28(29)40)60(41,42,43,44)45)53-32(23)33(38(57)54-39(53)49-35(50-54)26-10-6-7-17-58-21-26)51-13-15-52(16-14-51)37(56)31-34(24(2)46-22-47-31)59-20-25-8-4-3-5-9-25/h3-5,8-12,19,22-23,30H,6-7,13-18,20-21H2,1-2H3,(H,48,55)/t23-,30-/m1/s1. The molecule has 8 rings (SSSR count). The van der Waals surface area contributed by atoms with E-state index >= 15 is 0 Å². The Bertz CT molecular complexity index is 2620. The number of nitrogens with zero attached hydrogens (tertiary/aromatic N) is 8. The Morgan fingerprint density at radius 1 is 1.03 bits per heavy atom. The molecule has 2 atom stereocenters. The maximum atomic E-state index is 14.6. The number of ether oxygens (including phenoxy) is 2. The molecule has 0 spiro atoms. The Labute approximate surface area is 344 Å². The highest BCUT2D eigenvalue weighted by molar-refractivity contribution is 8.45. The van der Waals surface area contributed by atoms with Crippen molar-refractivity contribution in [2.75, 3.05) is 49.6 Å². The normalized spacial score (nSPS) is 19.6. The fraction of sp³-hybridized carbons (Fsp3) is 0.359. The van der Waals surface area contributed by atoms with E-state index in [2.05, 4.69) is 20.4 Å². The van der Waals surface area contributed by atoms with E-state index in [0.717, 1.165) is 16.5 Å². The van der Waals surface area contributed by atoms with Gasteiger partial charge in [0.25, 0.3) is 11.5 Å². The minimum atomic E-state index is -10.1. The number of carbonyl (C=O) groups excluding carboxylic acids is 2. The number of anilines is 2. The number of aromatic nitrogens is 6. The minimum Gasteiger partial charge on any atom is -0.485 e. The molecule has 1 N–H and O–H groups in total. The number of piperazine rings is 1. The van der Waals surface area contributed by atoms with Crippen molar-refractivity contribution < 1.29 is 38.5 Å². The molecule has 3 aromatic heterocycles. The van der Waals surface area contributed by atoms with Crippen molar-refractivity contribution in [2.24, 2.45) is 0 Å². The quantitative estimate of drug-likeness (QED) is 0.146. The third kappa shape index (κ3) is 8.02. The summed E-state index contributed by atoms with van der Waals surface area (Å²) in [5.74, 6) is -1.02. The van der Waals surface area contributed by atoms with Crippen LogP contribution in [-0.4, -0.2) is 85.2 Å². The lowest BCUT2D eigenvalue weighted by Crippen LogP contribution is -2.51. The Balaban J connectivity index is 1.11. The molecule has 60 heavy (non-hydrogen) atoms. The Hall–Kier alpha value is -5.60. The molecule has 1 saturated heterocycles. The highest BCUT2D eigenvalue weighted by Gasteiger charge is 2.65. The van der Waals surface area contributed by atoms with Gasteiger partial charge < -0.3 is 24.6 Å². The van der Waals surface area contributed by atoms with Gasteiger partial charge in [0.15, 0.2) is 17.3 Å².